The first-order valence-corrected chi connectivity index (χ1v) is 10.2. The number of nitrogens with zero attached hydrogens (tertiary/aromatic N) is 1. The Bertz CT molecular complexity index is 988. The van der Waals surface area contributed by atoms with E-state index in [0.29, 0.717) is 18.7 Å². The van der Waals surface area contributed by atoms with Crippen LogP contribution in [0.3, 0.4) is 0 Å². The van der Waals surface area contributed by atoms with Gasteiger partial charge in [-0.3, -0.25) is 19.8 Å². The number of amides is 3. The number of nitrogens with one attached hydrogen (secondary N) is 2. The summed E-state index contributed by atoms with van der Waals surface area (Å²) in [5.41, 5.74) is 4.18. The molecule has 0 saturated carbocycles. The third-order valence-corrected chi connectivity index (χ3v) is 4.94. The highest BCUT2D eigenvalue weighted by atomic mass is 16.5. The molecule has 9 heteroatoms. The van der Waals surface area contributed by atoms with Crippen LogP contribution in [0.2, 0.25) is 0 Å². The van der Waals surface area contributed by atoms with E-state index in [1.165, 1.54) is 31.2 Å². The number of hydrogen-bond donors (Lipinski definition) is 2. The summed E-state index contributed by atoms with van der Waals surface area (Å²) in [6.45, 7) is 1.90. The van der Waals surface area contributed by atoms with Crippen LogP contribution >= 0.6 is 0 Å². The van der Waals surface area contributed by atoms with Crippen LogP contribution in [0.4, 0.5) is 5.69 Å². The van der Waals surface area contributed by atoms with Crippen LogP contribution in [0.5, 0.6) is 5.75 Å². The molecule has 2 aromatic rings. The Hall–Kier alpha value is -3.88. The van der Waals surface area contributed by atoms with E-state index in [9.17, 15) is 19.2 Å². The molecule has 168 valence electrons. The molecule has 0 bridgehead atoms. The van der Waals surface area contributed by atoms with Gasteiger partial charge in [0.15, 0.2) is 6.10 Å². The molecule has 0 spiro atoms. The number of benzene rings is 2. The van der Waals surface area contributed by atoms with Gasteiger partial charge < -0.3 is 14.8 Å². The number of hydrazine groups is 1. The zero-order valence-corrected chi connectivity index (χ0v) is 17.9. The number of hydrogen-bond acceptors (Lipinski definition) is 6. The summed E-state index contributed by atoms with van der Waals surface area (Å²) in [6, 6.07) is 13.5. The standard InChI is InChI=1S/C23H25N3O6/c1-15(22(29)24-14-13-16-3-9-19(31-2)10-4-16)32-23(30)17-5-7-18(8-6-17)26-21(28)12-11-20(27)25-26/h3-10,15H,11-14H2,1-2H3,(H,24,29)(H,25,27). The molecule has 2 aromatic carbocycles. The van der Waals surface area contributed by atoms with Crippen LogP contribution in [-0.2, 0) is 25.5 Å². The van der Waals surface area contributed by atoms with Crippen molar-refractivity contribution in [3.05, 3.63) is 59.7 Å². The van der Waals surface area contributed by atoms with Crippen molar-refractivity contribution in [1.82, 2.24) is 10.7 Å². The molecular formula is C23H25N3O6. The minimum atomic E-state index is -0.971. The lowest BCUT2D eigenvalue weighted by molar-refractivity contribution is -0.130. The molecular weight excluding hydrogens is 414 g/mol. The molecule has 1 heterocycles. The van der Waals surface area contributed by atoms with E-state index in [1.54, 1.807) is 7.11 Å². The summed E-state index contributed by atoms with van der Waals surface area (Å²) in [4.78, 5) is 48.1. The minimum Gasteiger partial charge on any atom is -0.497 e. The Labute approximate surface area is 185 Å². The third kappa shape index (κ3) is 5.84. The van der Waals surface area contributed by atoms with Crippen LogP contribution in [0.1, 0.15) is 35.7 Å². The average Bonchev–Trinajstić information content (AvgIpc) is 2.81. The Morgan fingerprint density at radius 1 is 1.06 bits per heavy atom. The SMILES string of the molecule is COc1ccc(CCNC(=O)C(C)OC(=O)c2ccc(N3NC(=O)CCC3=O)cc2)cc1. The summed E-state index contributed by atoms with van der Waals surface area (Å²) in [5, 5.41) is 3.90. The summed E-state index contributed by atoms with van der Waals surface area (Å²) < 4.78 is 10.3. The Morgan fingerprint density at radius 3 is 2.41 bits per heavy atom. The molecule has 2 N–H and O–H groups in total. The normalized spacial score (nSPS) is 14.4. The predicted octanol–water partition coefficient (Wildman–Crippen LogP) is 1.76. The lowest BCUT2D eigenvalue weighted by Gasteiger charge is -2.27. The Kier molecular flexibility index (Phi) is 7.43. The fourth-order valence-corrected chi connectivity index (χ4v) is 3.08. The van der Waals surface area contributed by atoms with Crippen molar-refractivity contribution in [3.8, 4) is 5.75 Å². The largest absolute Gasteiger partial charge is 0.497 e. The number of methoxy groups -OCH3 is 1. The number of ether oxygens (including phenoxy) is 2. The highest BCUT2D eigenvalue weighted by Gasteiger charge is 2.25. The zero-order valence-electron chi connectivity index (χ0n) is 17.9. The second-order valence-corrected chi connectivity index (χ2v) is 7.25. The van der Waals surface area contributed by atoms with Crippen LogP contribution in [0.25, 0.3) is 0 Å². The van der Waals surface area contributed by atoms with Gasteiger partial charge in [0.2, 0.25) is 11.8 Å². The number of esters is 1. The molecule has 1 atom stereocenters. The summed E-state index contributed by atoms with van der Waals surface area (Å²) >= 11 is 0. The van der Waals surface area contributed by atoms with Gasteiger partial charge in [-0.15, -0.1) is 0 Å². The van der Waals surface area contributed by atoms with Crippen LogP contribution in [-0.4, -0.2) is 43.4 Å². The molecule has 1 unspecified atom stereocenters. The molecule has 1 aliphatic heterocycles. The Balaban J connectivity index is 1.48. The molecule has 0 aliphatic carbocycles. The van der Waals surface area contributed by atoms with Gasteiger partial charge in [0.25, 0.3) is 5.91 Å². The predicted molar refractivity (Wildman–Crippen MR) is 116 cm³/mol. The quantitative estimate of drug-likeness (QED) is 0.606. The van der Waals surface area contributed by atoms with Gasteiger partial charge in [0, 0.05) is 19.4 Å². The lowest BCUT2D eigenvalue weighted by Crippen LogP contribution is -2.50. The van der Waals surface area contributed by atoms with Crippen molar-refractivity contribution >= 4 is 29.4 Å². The number of rotatable bonds is 8. The van der Waals surface area contributed by atoms with Crippen LogP contribution in [0, 0.1) is 0 Å². The monoisotopic (exact) mass is 439 g/mol. The molecule has 1 aliphatic rings. The maximum atomic E-state index is 12.4. The molecule has 0 radical (unpaired) electrons. The number of carbonyl (C=O) groups excluding carboxylic acids is 4. The number of carbonyl (C=O) groups is 4. The fraction of sp³-hybridized carbons (Fsp3) is 0.304. The number of anilines is 1. The second-order valence-electron chi connectivity index (χ2n) is 7.25. The van der Waals surface area contributed by atoms with Crippen molar-refractivity contribution in [1.29, 1.82) is 0 Å². The minimum absolute atomic E-state index is 0.126. The maximum absolute atomic E-state index is 12.4. The Morgan fingerprint density at radius 2 is 1.75 bits per heavy atom. The van der Waals surface area contributed by atoms with E-state index in [2.05, 4.69) is 10.7 Å². The van der Waals surface area contributed by atoms with E-state index in [1.807, 2.05) is 24.3 Å². The van der Waals surface area contributed by atoms with Crippen LogP contribution < -0.4 is 20.5 Å². The average molecular weight is 439 g/mol. The molecule has 9 nitrogen and oxygen atoms in total. The first kappa shape index (κ1) is 22.8. The van der Waals surface area contributed by atoms with Gasteiger partial charge in [-0.2, -0.15) is 0 Å². The summed E-state index contributed by atoms with van der Waals surface area (Å²) in [6.07, 6.45) is -0.0644. The van der Waals surface area contributed by atoms with E-state index < -0.39 is 18.0 Å². The second kappa shape index (κ2) is 10.4. The van der Waals surface area contributed by atoms with Gasteiger partial charge in [-0.1, -0.05) is 12.1 Å². The summed E-state index contributed by atoms with van der Waals surface area (Å²) in [5.74, 6) is -0.785. The molecule has 3 rings (SSSR count). The van der Waals surface area contributed by atoms with Crippen molar-refractivity contribution in [3.63, 3.8) is 0 Å². The van der Waals surface area contributed by atoms with Crippen LogP contribution in [0.15, 0.2) is 48.5 Å². The first-order valence-electron chi connectivity index (χ1n) is 10.2. The molecule has 1 saturated heterocycles. The highest BCUT2D eigenvalue weighted by Crippen LogP contribution is 2.18. The lowest BCUT2D eigenvalue weighted by atomic mass is 10.1. The summed E-state index contributed by atoms with van der Waals surface area (Å²) in [7, 11) is 1.60. The van der Waals surface area contributed by atoms with E-state index >= 15 is 0 Å². The van der Waals surface area contributed by atoms with Gasteiger partial charge in [0.1, 0.15) is 5.75 Å². The van der Waals surface area contributed by atoms with E-state index in [0.717, 1.165) is 16.3 Å². The molecule has 1 fully saturated rings. The van der Waals surface area contributed by atoms with E-state index in [4.69, 9.17) is 9.47 Å². The smallest absolute Gasteiger partial charge is 0.338 e. The van der Waals surface area contributed by atoms with Gasteiger partial charge in [-0.05, 0) is 55.3 Å². The van der Waals surface area contributed by atoms with Gasteiger partial charge >= 0.3 is 5.97 Å². The van der Waals surface area contributed by atoms with Crippen molar-refractivity contribution in [2.75, 3.05) is 18.7 Å². The third-order valence-electron chi connectivity index (χ3n) is 4.94. The topological polar surface area (TPSA) is 114 Å². The maximum Gasteiger partial charge on any atom is 0.338 e. The van der Waals surface area contributed by atoms with Gasteiger partial charge in [-0.25, -0.2) is 9.80 Å². The molecule has 32 heavy (non-hydrogen) atoms. The van der Waals surface area contributed by atoms with Crippen molar-refractivity contribution in [2.45, 2.75) is 32.3 Å². The van der Waals surface area contributed by atoms with E-state index in [-0.39, 0.29) is 30.2 Å². The zero-order chi connectivity index (χ0) is 23.1. The van der Waals surface area contributed by atoms with Crippen molar-refractivity contribution in [2.24, 2.45) is 0 Å². The fourth-order valence-electron chi connectivity index (χ4n) is 3.08. The molecule has 3 amide bonds. The highest BCUT2D eigenvalue weighted by molar-refractivity contribution is 6.01. The van der Waals surface area contributed by atoms with Gasteiger partial charge in [0.05, 0.1) is 18.4 Å². The van der Waals surface area contributed by atoms with Crippen molar-refractivity contribution < 1.29 is 28.7 Å². The molecule has 0 aromatic heterocycles. The first-order chi connectivity index (χ1) is 15.4.